The van der Waals surface area contributed by atoms with Crippen molar-refractivity contribution in [3.63, 3.8) is 0 Å². The van der Waals surface area contributed by atoms with E-state index in [1.807, 2.05) is 0 Å². The van der Waals surface area contributed by atoms with Crippen LogP contribution in [-0.2, 0) is 0 Å². The summed E-state index contributed by atoms with van der Waals surface area (Å²) in [5.74, 6) is 5.19. The molecule has 9 nitrogen and oxygen atoms in total. The Morgan fingerprint density at radius 1 is 1.61 bits per heavy atom. The molecule has 18 heavy (non-hydrogen) atoms. The molecule has 0 spiro atoms. The molecule has 5 N–H and O–H groups in total. The van der Waals surface area contributed by atoms with Crippen LogP contribution in [0, 0.1) is 10.1 Å². The van der Waals surface area contributed by atoms with Gasteiger partial charge >= 0.3 is 5.69 Å². The molecule has 0 amide bonds. The predicted octanol–water partition coefficient (Wildman–Crippen LogP) is 0.242. The highest BCUT2D eigenvalue weighted by atomic mass is 16.6. The lowest BCUT2D eigenvalue weighted by molar-refractivity contribution is -0.384. The van der Waals surface area contributed by atoms with E-state index in [0.29, 0.717) is 0 Å². The summed E-state index contributed by atoms with van der Waals surface area (Å²) in [6, 6.07) is 0. The zero-order chi connectivity index (χ0) is 13.9. The number of nitro groups is 1. The number of hydrogen-bond donors (Lipinski definition) is 4. The number of hydrazine groups is 1. The largest absolute Gasteiger partial charge is 0.391 e. The van der Waals surface area contributed by atoms with Crippen LogP contribution < -0.4 is 16.6 Å². The van der Waals surface area contributed by atoms with Crippen molar-refractivity contribution in [1.82, 2.24) is 9.97 Å². The summed E-state index contributed by atoms with van der Waals surface area (Å²) < 4.78 is 0. The maximum absolute atomic E-state index is 10.8. The Bertz CT molecular complexity index is 448. The number of nitrogens with two attached hydrogens (primary N) is 1. The smallest absolute Gasteiger partial charge is 0.329 e. The van der Waals surface area contributed by atoms with Gasteiger partial charge in [-0.25, -0.2) is 10.8 Å². The van der Waals surface area contributed by atoms with Crippen LogP contribution in [0.4, 0.5) is 17.5 Å². The highest BCUT2D eigenvalue weighted by molar-refractivity contribution is 5.58. The Morgan fingerprint density at radius 2 is 2.22 bits per heavy atom. The van der Waals surface area contributed by atoms with E-state index in [2.05, 4.69) is 20.7 Å². The second kappa shape index (κ2) is 5.10. The van der Waals surface area contributed by atoms with Crippen molar-refractivity contribution in [3.05, 3.63) is 16.3 Å². The molecule has 1 aromatic heterocycles. The van der Waals surface area contributed by atoms with Crippen LogP contribution in [0.1, 0.15) is 20.8 Å². The third kappa shape index (κ3) is 3.02. The Morgan fingerprint density at radius 3 is 2.67 bits per heavy atom. The van der Waals surface area contributed by atoms with Crippen LogP contribution in [-0.4, -0.2) is 31.6 Å². The molecule has 0 aromatic carbocycles. The zero-order valence-corrected chi connectivity index (χ0v) is 10.3. The summed E-state index contributed by atoms with van der Waals surface area (Å²) >= 11 is 0. The molecule has 1 aromatic rings. The quantitative estimate of drug-likeness (QED) is 0.334. The Balaban J connectivity index is 3.16. The van der Waals surface area contributed by atoms with E-state index in [0.717, 1.165) is 6.20 Å². The number of aliphatic hydroxyl groups excluding tert-OH is 1. The average Bonchev–Trinajstić information content (AvgIpc) is 2.27. The highest BCUT2D eigenvalue weighted by Crippen LogP contribution is 2.26. The van der Waals surface area contributed by atoms with Crippen molar-refractivity contribution in [3.8, 4) is 0 Å². The van der Waals surface area contributed by atoms with Gasteiger partial charge in [-0.05, 0) is 20.8 Å². The Kier molecular flexibility index (Phi) is 3.99. The number of rotatable bonds is 5. The number of nitrogens with one attached hydrogen (secondary N) is 2. The number of nitrogens with zero attached hydrogens (tertiary/aromatic N) is 3. The topological polar surface area (TPSA) is 139 Å². The van der Waals surface area contributed by atoms with Crippen molar-refractivity contribution < 1.29 is 10.0 Å². The molecule has 0 aliphatic carbocycles. The van der Waals surface area contributed by atoms with Crippen molar-refractivity contribution in [1.29, 1.82) is 0 Å². The normalized spacial score (nSPS) is 12.9. The minimum atomic E-state index is -0.787. The molecule has 0 radical (unpaired) electrons. The van der Waals surface area contributed by atoms with Gasteiger partial charge in [0.2, 0.25) is 11.8 Å². The average molecular weight is 256 g/mol. The van der Waals surface area contributed by atoms with Crippen LogP contribution in [0.3, 0.4) is 0 Å². The standard InChI is InChI=1S/C9H16N6O3/c1-5(16)9(2,3)13-7-6(15(17)18)4-11-8(12-7)14-10/h4-5,16H,10H2,1-3H3,(H2,11,12,13,14). The molecule has 0 saturated carbocycles. The second-order valence-electron chi connectivity index (χ2n) is 4.35. The van der Waals surface area contributed by atoms with Gasteiger partial charge in [-0.15, -0.1) is 0 Å². The Hall–Kier alpha value is -2.00. The van der Waals surface area contributed by atoms with Gasteiger partial charge in [0.25, 0.3) is 0 Å². The minimum Gasteiger partial charge on any atom is -0.391 e. The summed E-state index contributed by atoms with van der Waals surface area (Å²) in [6.07, 6.45) is 0.309. The van der Waals surface area contributed by atoms with Crippen molar-refractivity contribution in [2.45, 2.75) is 32.4 Å². The summed E-state index contributed by atoms with van der Waals surface area (Å²) in [5.41, 5.74) is 1.13. The van der Waals surface area contributed by atoms with Crippen molar-refractivity contribution in [2.24, 2.45) is 5.84 Å². The fraction of sp³-hybridized carbons (Fsp3) is 0.556. The maximum atomic E-state index is 10.8. The number of aromatic nitrogens is 2. The van der Waals surface area contributed by atoms with E-state index >= 15 is 0 Å². The van der Waals surface area contributed by atoms with E-state index < -0.39 is 16.6 Å². The molecule has 100 valence electrons. The van der Waals surface area contributed by atoms with Gasteiger partial charge in [-0.2, -0.15) is 4.98 Å². The first kappa shape index (κ1) is 14.1. The lowest BCUT2D eigenvalue weighted by Gasteiger charge is -2.29. The van der Waals surface area contributed by atoms with Gasteiger partial charge in [0.05, 0.1) is 16.6 Å². The molecule has 0 bridgehead atoms. The van der Waals surface area contributed by atoms with Gasteiger partial charge < -0.3 is 10.4 Å². The van der Waals surface area contributed by atoms with Gasteiger partial charge in [0.15, 0.2) is 0 Å². The molecule has 1 unspecified atom stereocenters. The van der Waals surface area contributed by atoms with Gasteiger partial charge in [-0.1, -0.05) is 0 Å². The van der Waals surface area contributed by atoms with E-state index in [4.69, 9.17) is 5.84 Å². The lowest BCUT2D eigenvalue weighted by atomic mass is 9.99. The summed E-state index contributed by atoms with van der Waals surface area (Å²) in [6.45, 7) is 4.96. The third-order valence-electron chi connectivity index (χ3n) is 2.58. The van der Waals surface area contributed by atoms with E-state index in [1.54, 1.807) is 20.8 Å². The molecule has 0 aliphatic heterocycles. The number of aliphatic hydroxyl groups is 1. The van der Waals surface area contributed by atoms with E-state index in [1.165, 1.54) is 0 Å². The van der Waals surface area contributed by atoms with Crippen LogP contribution >= 0.6 is 0 Å². The SMILES string of the molecule is CC(O)C(C)(C)Nc1nc(NN)ncc1[N+](=O)[O-]. The fourth-order valence-electron chi connectivity index (χ4n) is 1.08. The van der Waals surface area contributed by atoms with E-state index in [-0.39, 0.29) is 17.5 Å². The van der Waals surface area contributed by atoms with Gasteiger partial charge in [-0.3, -0.25) is 15.5 Å². The fourth-order valence-corrected chi connectivity index (χ4v) is 1.08. The molecular weight excluding hydrogens is 240 g/mol. The minimum absolute atomic E-state index is 0.00569. The first-order chi connectivity index (χ1) is 8.27. The number of nitrogen functional groups attached to an aromatic ring is 1. The number of anilines is 2. The summed E-state index contributed by atoms with van der Waals surface area (Å²) in [7, 11) is 0. The molecule has 0 aliphatic rings. The summed E-state index contributed by atoms with van der Waals surface area (Å²) in [5, 5.41) is 23.2. The van der Waals surface area contributed by atoms with Crippen molar-refractivity contribution >= 4 is 17.5 Å². The molecule has 1 rings (SSSR count). The Labute approximate surface area is 104 Å². The summed E-state index contributed by atoms with van der Waals surface area (Å²) in [4.78, 5) is 17.8. The predicted molar refractivity (Wildman–Crippen MR) is 65.9 cm³/mol. The highest BCUT2D eigenvalue weighted by Gasteiger charge is 2.28. The molecule has 1 heterocycles. The molecule has 0 saturated heterocycles. The molecular formula is C9H16N6O3. The first-order valence-electron chi connectivity index (χ1n) is 5.22. The van der Waals surface area contributed by atoms with Crippen LogP contribution in [0.5, 0.6) is 0 Å². The monoisotopic (exact) mass is 256 g/mol. The van der Waals surface area contributed by atoms with Crippen molar-refractivity contribution in [2.75, 3.05) is 10.7 Å². The first-order valence-corrected chi connectivity index (χ1v) is 5.22. The lowest BCUT2D eigenvalue weighted by Crippen LogP contribution is -2.42. The van der Waals surface area contributed by atoms with E-state index in [9.17, 15) is 15.2 Å². The van der Waals surface area contributed by atoms with Crippen LogP contribution in [0.2, 0.25) is 0 Å². The molecule has 0 fully saturated rings. The van der Waals surface area contributed by atoms with Crippen LogP contribution in [0.15, 0.2) is 6.20 Å². The zero-order valence-electron chi connectivity index (χ0n) is 10.3. The maximum Gasteiger partial charge on any atom is 0.329 e. The number of hydrogen-bond acceptors (Lipinski definition) is 8. The molecule has 1 atom stereocenters. The second-order valence-corrected chi connectivity index (χ2v) is 4.35. The van der Waals surface area contributed by atoms with Gasteiger partial charge in [0, 0.05) is 0 Å². The van der Waals surface area contributed by atoms with Crippen LogP contribution in [0.25, 0.3) is 0 Å². The molecule has 9 heteroatoms. The third-order valence-corrected chi connectivity index (χ3v) is 2.58. The van der Waals surface area contributed by atoms with Gasteiger partial charge in [0.1, 0.15) is 6.20 Å².